The lowest BCUT2D eigenvalue weighted by Crippen LogP contribution is -2.70. The molecule has 0 bridgehead atoms. The summed E-state index contributed by atoms with van der Waals surface area (Å²) in [6, 6.07) is -3.30. The van der Waals surface area contributed by atoms with E-state index in [0.717, 1.165) is 0 Å². The largest absolute Gasteiger partial charge is 0.444 e. The van der Waals surface area contributed by atoms with Gasteiger partial charge >= 0.3 is 12.2 Å². The van der Waals surface area contributed by atoms with Crippen molar-refractivity contribution in [2.24, 2.45) is 5.73 Å². The van der Waals surface area contributed by atoms with Gasteiger partial charge in [-0.05, 0) is 61.9 Å². The van der Waals surface area contributed by atoms with Crippen molar-refractivity contribution in [1.82, 2.24) is 21.3 Å². The fraction of sp³-hybridized carbons (Fsp3) is 0.906. The number of alkyl carbamates (subject to hydrolysis) is 2. The van der Waals surface area contributed by atoms with Crippen molar-refractivity contribution in [1.29, 1.82) is 0 Å². The van der Waals surface area contributed by atoms with E-state index in [0.29, 0.717) is 0 Å². The van der Waals surface area contributed by atoms with Crippen LogP contribution in [-0.2, 0) is 33.2 Å². The Hall–Kier alpha value is -2.51. The van der Waals surface area contributed by atoms with E-state index >= 15 is 0 Å². The molecule has 3 fully saturated rings. The number of carbonyl (C=O) groups is 3. The molecule has 21 heteroatoms. The number of ether oxygens (including phenoxy) is 6. The second-order valence-corrected chi connectivity index (χ2v) is 15.8. The normalized spacial score (nSPS) is 38.7. The van der Waals surface area contributed by atoms with Crippen molar-refractivity contribution in [2.75, 3.05) is 26.7 Å². The summed E-state index contributed by atoms with van der Waals surface area (Å²) in [4.78, 5) is 37.4. The van der Waals surface area contributed by atoms with Crippen LogP contribution in [0.15, 0.2) is 0 Å². The van der Waals surface area contributed by atoms with Crippen molar-refractivity contribution >= 4 is 18.1 Å². The average molecular weight is 770 g/mol. The maximum Gasteiger partial charge on any atom is 0.407 e. The number of likely N-dealkylation sites (N-methyl/N-ethyl adjacent to an activating group) is 1. The number of rotatable bonds is 11. The second-order valence-electron chi connectivity index (χ2n) is 15.8. The third kappa shape index (κ3) is 12.2. The fourth-order valence-corrected chi connectivity index (χ4v) is 6.17. The van der Waals surface area contributed by atoms with Crippen LogP contribution in [0.25, 0.3) is 0 Å². The molecule has 15 atom stereocenters. The number of nitrogens with one attached hydrogen (secondary N) is 4. The number of nitrogens with two attached hydrogens (primary N) is 1. The highest BCUT2D eigenvalue weighted by atomic mass is 16.7. The summed E-state index contributed by atoms with van der Waals surface area (Å²) in [7, 11) is 1.50. The van der Waals surface area contributed by atoms with Crippen molar-refractivity contribution in [2.45, 2.75) is 157 Å². The van der Waals surface area contributed by atoms with E-state index < -0.39 is 127 Å². The lowest BCUT2D eigenvalue weighted by atomic mass is 9.83. The lowest BCUT2D eigenvalue weighted by Gasteiger charge is -2.49. The molecule has 3 rings (SSSR count). The Balaban J connectivity index is 1.81. The summed E-state index contributed by atoms with van der Waals surface area (Å²) >= 11 is 0. The molecule has 2 heterocycles. The molecule has 3 amide bonds. The van der Waals surface area contributed by atoms with Gasteiger partial charge in [0.15, 0.2) is 12.6 Å². The third-order valence-corrected chi connectivity index (χ3v) is 8.73. The van der Waals surface area contributed by atoms with E-state index in [2.05, 4.69) is 21.3 Å². The highest BCUT2D eigenvalue weighted by Gasteiger charge is 2.53. The van der Waals surface area contributed by atoms with Gasteiger partial charge in [-0.25, -0.2) is 9.59 Å². The molecule has 2 aliphatic heterocycles. The van der Waals surface area contributed by atoms with Gasteiger partial charge in [0.05, 0.1) is 25.2 Å². The van der Waals surface area contributed by atoms with Crippen LogP contribution in [-0.4, -0.2) is 183 Å². The summed E-state index contributed by atoms with van der Waals surface area (Å²) in [6.45, 7) is 10.0. The van der Waals surface area contributed by atoms with E-state index in [-0.39, 0.29) is 19.6 Å². The van der Waals surface area contributed by atoms with E-state index in [1.165, 1.54) is 14.0 Å². The van der Waals surface area contributed by atoms with Gasteiger partial charge in [-0.1, -0.05) is 0 Å². The summed E-state index contributed by atoms with van der Waals surface area (Å²) in [5.41, 5.74) is 3.21. The van der Waals surface area contributed by atoms with Crippen molar-refractivity contribution in [3.63, 3.8) is 0 Å². The number of hydrogen-bond acceptors (Lipinski definition) is 18. The van der Waals surface area contributed by atoms with Crippen molar-refractivity contribution in [3.05, 3.63) is 0 Å². The zero-order valence-corrected chi connectivity index (χ0v) is 31.3. The van der Waals surface area contributed by atoms with Crippen LogP contribution >= 0.6 is 0 Å². The smallest absolute Gasteiger partial charge is 0.407 e. The molecule has 1 saturated carbocycles. The van der Waals surface area contributed by atoms with Gasteiger partial charge in [0.25, 0.3) is 5.91 Å². The first-order valence-corrected chi connectivity index (χ1v) is 17.4. The molecule has 53 heavy (non-hydrogen) atoms. The molecule has 0 unspecified atom stereocenters. The molecule has 0 aromatic rings. The number of carbonyl (C=O) groups excluding carboxylic acids is 3. The van der Waals surface area contributed by atoms with Crippen LogP contribution in [0.3, 0.4) is 0 Å². The summed E-state index contributed by atoms with van der Waals surface area (Å²) < 4.78 is 33.5. The third-order valence-electron chi connectivity index (χ3n) is 8.73. The maximum absolute atomic E-state index is 13.1. The molecular formula is C32H59N5O16. The monoisotopic (exact) mass is 769 g/mol. The van der Waals surface area contributed by atoms with Crippen LogP contribution in [0.5, 0.6) is 0 Å². The molecular weight excluding hydrogens is 710 g/mol. The van der Waals surface area contributed by atoms with Gasteiger partial charge in [-0.3, -0.25) is 4.79 Å². The predicted molar refractivity (Wildman–Crippen MR) is 181 cm³/mol. The Morgan fingerprint density at radius 3 is 1.98 bits per heavy atom. The van der Waals surface area contributed by atoms with Crippen LogP contribution in [0, 0.1) is 0 Å². The number of hydrogen-bond donors (Lipinski definition) is 12. The fourth-order valence-electron chi connectivity index (χ4n) is 6.17. The molecule has 308 valence electrons. The minimum Gasteiger partial charge on any atom is -0.444 e. The average Bonchev–Trinajstić information content (AvgIpc) is 3.02. The Morgan fingerprint density at radius 1 is 0.849 bits per heavy atom. The first kappa shape index (κ1) is 44.9. The molecule has 1 aliphatic carbocycles. The van der Waals surface area contributed by atoms with Crippen molar-refractivity contribution < 1.29 is 78.6 Å². The van der Waals surface area contributed by atoms with Gasteiger partial charge in [-0.2, -0.15) is 0 Å². The molecule has 2 saturated heterocycles. The first-order chi connectivity index (χ1) is 24.3. The molecule has 0 aromatic carbocycles. The van der Waals surface area contributed by atoms with Crippen LogP contribution in [0.2, 0.25) is 0 Å². The molecule has 3 aliphatic rings. The Morgan fingerprint density at radius 2 is 1.42 bits per heavy atom. The predicted octanol–water partition coefficient (Wildman–Crippen LogP) is -4.39. The van der Waals surface area contributed by atoms with Crippen LogP contribution in [0.1, 0.15) is 54.9 Å². The van der Waals surface area contributed by atoms with Gasteiger partial charge in [0.1, 0.15) is 71.7 Å². The Kier molecular flexibility index (Phi) is 15.2. The molecule has 13 N–H and O–H groups in total. The Bertz CT molecular complexity index is 1230. The summed E-state index contributed by atoms with van der Waals surface area (Å²) in [6.07, 6.45) is -19.9. The minimum absolute atomic E-state index is 0.210. The van der Waals surface area contributed by atoms with Gasteiger partial charge in [0, 0.05) is 12.6 Å². The quantitative estimate of drug-likeness (QED) is 0.0944. The van der Waals surface area contributed by atoms with Gasteiger partial charge in [-0.15, -0.1) is 0 Å². The standard InChI is InChI=1S/C32H59N5O16/c1-30(2,3)52-28(45)35-10-15(38)25(44)37-14-9-13(33)22(20(42)23(14)51-26-21(43)24(34-8)32(7,47)12-48-26)50-27-19(41)18(40)17(39)16(49-27)11-36-29(46)53-31(4,5)6/h13-24,26-27,34,38-43,47H,9-12,33H2,1-8H3,(H,35,45)(H,36,46)(H,37,44)/t13-,14+,15-,16+,17+,18-,19+,20-,21-,22+,23-,24-,26-,27+,32+/m0/s1. The van der Waals surface area contributed by atoms with Crippen molar-refractivity contribution in [3.8, 4) is 0 Å². The number of aliphatic hydroxyl groups is 7. The maximum atomic E-state index is 13.1. The zero-order valence-electron chi connectivity index (χ0n) is 31.3. The summed E-state index contributed by atoms with van der Waals surface area (Å²) in [5, 5.41) is 86.0. The van der Waals surface area contributed by atoms with E-state index in [1.807, 2.05) is 0 Å². The second kappa shape index (κ2) is 18.0. The topological polar surface area (TPSA) is 322 Å². The van der Waals surface area contributed by atoms with Gasteiger partial charge in [0.2, 0.25) is 0 Å². The highest BCUT2D eigenvalue weighted by molar-refractivity contribution is 5.81. The van der Waals surface area contributed by atoms with E-state index in [4.69, 9.17) is 34.2 Å². The minimum atomic E-state index is -1.87. The van der Waals surface area contributed by atoms with E-state index in [9.17, 15) is 50.1 Å². The number of aliphatic hydroxyl groups excluding tert-OH is 6. The first-order valence-electron chi connectivity index (χ1n) is 17.4. The Labute approximate surface area is 307 Å². The van der Waals surface area contributed by atoms with Crippen LogP contribution in [0.4, 0.5) is 9.59 Å². The van der Waals surface area contributed by atoms with Gasteiger partial charge < -0.3 is 91.2 Å². The molecule has 0 radical (unpaired) electrons. The highest BCUT2D eigenvalue weighted by Crippen LogP contribution is 2.33. The number of amides is 3. The molecule has 0 aromatic heterocycles. The molecule has 21 nitrogen and oxygen atoms in total. The van der Waals surface area contributed by atoms with Crippen LogP contribution < -0.4 is 27.0 Å². The zero-order chi connectivity index (χ0) is 40.2. The lowest BCUT2D eigenvalue weighted by molar-refractivity contribution is -0.330. The molecule has 0 spiro atoms. The summed E-state index contributed by atoms with van der Waals surface area (Å²) in [5.74, 6) is -0.997. The van der Waals surface area contributed by atoms with E-state index in [1.54, 1.807) is 41.5 Å². The SMILES string of the molecule is CN[C@H]1[C@H](O)[C@H](O[C@@H]2[C@@H](O)[C@H](O[C@H]3O[C@H](CNC(=O)OC(C)(C)C)[C@@H](O)[C@H](O)[C@H]3O)[C@@H](N)C[C@H]2NC(=O)[C@@H](O)CNC(=O)OC(C)(C)C)OC[C@@]1(C)O.